The third-order valence-electron chi connectivity index (χ3n) is 3.36. The second-order valence-electron chi connectivity index (χ2n) is 4.81. The predicted octanol–water partition coefficient (Wildman–Crippen LogP) is 3.01. The number of nitrogens with zero attached hydrogens (tertiary/aromatic N) is 1. The lowest BCUT2D eigenvalue weighted by Crippen LogP contribution is -2.03. The van der Waals surface area contributed by atoms with Gasteiger partial charge in [0, 0.05) is 36.7 Å². The number of benzene rings is 1. The summed E-state index contributed by atoms with van der Waals surface area (Å²) in [5.41, 5.74) is 1.89. The molecular weight excluding hydrogens is 282 g/mol. The maximum Gasteiger partial charge on any atom is 0.193 e. The number of hydrogen-bond acceptors (Lipinski definition) is 5. The topological polar surface area (TPSA) is 61.6 Å². The molecule has 3 rings (SSSR count). The summed E-state index contributed by atoms with van der Waals surface area (Å²) in [7, 11) is 3.15. The van der Waals surface area contributed by atoms with Gasteiger partial charge in [0.1, 0.15) is 17.1 Å². The molecule has 0 radical (unpaired) electrons. The van der Waals surface area contributed by atoms with E-state index in [2.05, 4.69) is 4.98 Å². The van der Waals surface area contributed by atoms with Crippen LogP contribution in [0.1, 0.15) is 5.56 Å². The normalized spacial score (nSPS) is 10.8. The van der Waals surface area contributed by atoms with Crippen LogP contribution < -0.4 is 10.2 Å². The fourth-order valence-electron chi connectivity index (χ4n) is 2.33. The molecule has 0 aliphatic carbocycles. The Morgan fingerprint density at radius 2 is 2.09 bits per heavy atom. The zero-order chi connectivity index (χ0) is 15.5. The third kappa shape index (κ3) is 2.58. The molecule has 1 aromatic carbocycles. The molecule has 0 spiro atoms. The van der Waals surface area contributed by atoms with Gasteiger partial charge < -0.3 is 13.9 Å². The van der Waals surface area contributed by atoms with Gasteiger partial charge in [-0.15, -0.1) is 0 Å². The number of fused-ring (bicyclic) bond motifs is 1. The van der Waals surface area contributed by atoms with E-state index in [4.69, 9.17) is 13.9 Å². The smallest absolute Gasteiger partial charge is 0.193 e. The molecule has 0 saturated heterocycles. The van der Waals surface area contributed by atoms with Crippen molar-refractivity contribution in [3.05, 3.63) is 58.5 Å². The molecule has 5 heteroatoms. The Morgan fingerprint density at radius 3 is 2.77 bits per heavy atom. The van der Waals surface area contributed by atoms with Crippen LogP contribution in [0.5, 0.6) is 5.75 Å². The first-order valence-electron chi connectivity index (χ1n) is 6.77. The summed E-state index contributed by atoms with van der Waals surface area (Å²) >= 11 is 0. The van der Waals surface area contributed by atoms with E-state index in [1.807, 2.05) is 12.1 Å². The standard InChI is InChI=1S/C17H15NO4/c1-20-10-12-6-13(21-2)7-14-15(19)8-16(22-17(12)14)11-4-3-5-18-9-11/h3-9H,10H2,1-2H3. The van der Waals surface area contributed by atoms with Crippen LogP contribution in [-0.2, 0) is 11.3 Å². The number of hydrogen-bond donors (Lipinski definition) is 0. The van der Waals surface area contributed by atoms with E-state index in [1.54, 1.807) is 38.7 Å². The van der Waals surface area contributed by atoms with Gasteiger partial charge in [-0.25, -0.2) is 0 Å². The van der Waals surface area contributed by atoms with Gasteiger partial charge >= 0.3 is 0 Å². The van der Waals surface area contributed by atoms with Crippen molar-refractivity contribution in [2.75, 3.05) is 14.2 Å². The lowest BCUT2D eigenvalue weighted by Gasteiger charge is -2.09. The molecule has 0 saturated carbocycles. The van der Waals surface area contributed by atoms with Crippen LogP contribution in [-0.4, -0.2) is 19.2 Å². The zero-order valence-electron chi connectivity index (χ0n) is 12.3. The zero-order valence-corrected chi connectivity index (χ0v) is 12.3. The number of pyridine rings is 1. The van der Waals surface area contributed by atoms with E-state index in [0.717, 1.165) is 11.1 Å². The Morgan fingerprint density at radius 1 is 1.23 bits per heavy atom. The Bertz CT molecular complexity index is 856. The molecular formula is C17H15NO4. The number of methoxy groups -OCH3 is 2. The van der Waals surface area contributed by atoms with Crippen molar-refractivity contribution in [2.24, 2.45) is 0 Å². The minimum Gasteiger partial charge on any atom is -0.497 e. The average Bonchev–Trinajstić information content (AvgIpc) is 2.56. The summed E-state index contributed by atoms with van der Waals surface area (Å²) in [4.78, 5) is 16.5. The largest absolute Gasteiger partial charge is 0.497 e. The summed E-state index contributed by atoms with van der Waals surface area (Å²) in [6.07, 6.45) is 3.33. The summed E-state index contributed by atoms with van der Waals surface area (Å²) in [5.74, 6) is 1.08. The highest BCUT2D eigenvalue weighted by Crippen LogP contribution is 2.28. The van der Waals surface area contributed by atoms with Gasteiger partial charge in [0.05, 0.1) is 19.1 Å². The molecule has 112 valence electrons. The van der Waals surface area contributed by atoms with Crippen LogP contribution in [0.15, 0.2) is 51.9 Å². The van der Waals surface area contributed by atoms with Crippen molar-refractivity contribution in [1.82, 2.24) is 4.98 Å². The summed E-state index contributed by atoms with van der Waals surface area (Å²) < 4.78 is 16.4. The van der Waals surface area contributed by atoms with Gasteiger partial charge in [0.2, 0.25) is 0 Å². The first-order chi connectivity index (χ1) is 10.7. The van der Waals surface area contributed by atoms with E-state index in [1.165, 1.54) is 6.07 Å². The molecule has 0 N–H and O–H groups in total. The summed E-state index contributed by atoms with van der Waals surface area (Å²) in [6, 6.07) is 8.59. The first kappa shape index (κ1) is 14.3. The van der Waals surface area contributed by atoms with E-state index in [9.17, 15) is 4.79 Å². The Kier molecular flexibility index (Phi) is 3.89. The van der Waals surface area contributed by atoms with Crippen molar-refractivity contribution in [2.45, 2.75) is 6.61 Å². The molecule has 0 fully saturated rings. The molecule has 0 bridgehead atoms. The molecule has 2 heterocycles. The molecule has 2 aromatic heterocycles. The van der Waals surface area contributed by atoms with Crippen molar-refractivity contribution in [3.8, 4) is 17.1 Å². The number of aromatic nitrogens is 1. The third-order valence-corrected chi connectivity index (χ3v) is 3.36. The lowest BCUT2D eigenvalue weighted by molar-refractivity contribution is 0.184. The van der Waals surface area contributed by atoms with Crippen molar-refractivity contribution in [3.63, 3.8) is 0 Å². The van der Waals surface area contributed by atoms with E-state index < -0.39 is 0 Å². The monoisotopic (exact) mass is 297 g/mol. The Balaban J connectivity index is 2.28. The molecule has 0 atom stereocenters. The van der Waals surface area contributed by atoms with Crippen molar-refractivity contribution >= 4 is 11.0 Å². The fraction of sp³-hybridized carbons (Fsp3) is 0.176. The molecule has 0 amide bonds. The summed E-state index contributed by atoms with van der Waals surface area (Å²) in [5, 5.41) is 0.471. The maximum absolute atomic E-state index is 12.4. The molecule has 0 unspecified atom stereocenters. The van der Waals surface area contributed by atoms with Crippen molar-refractivity contribution < 1.29 is 13.9 Å². The SMILES string of the molecule is COCc1cc(OC)cc2c(=O)cc(-c3cccnc3)oc12. The van der Waals surface area contributed by atoms with Crippen LogP contribution in [0.25, 0.3) is 22.3 Å². The molecule has 0 aliphatic rings. The van der Waals surface area contributed by atoms with E-state index >= 15 is 0 Å². The highest BCUT2D eigenvalue weighted by Gasteiger charge is 2.13. The average molecular weight is 297 g/mol. The van der Waals surface area contributed by atoms with E-state index in [0.29, 0.717) is 29.1 Å². The van der Waals surface area contributed by atoms with Crippen LogP contribution in [0.4, 0.5) is 0 Å². The second kappa shape index (κ2) is 5.99. The fourth-order valence-corrected chi connectivity index (χ4v) is 2.33. The first-order valence-corrected chi connectivity index (χ1v) is 6.77. The van der Waals surface area contributed by atoms with Gasteiger partial charge in [-0.3, -0.25) is 9.78 Å². The predicted molar refractivity (Wildman–Crippen MR) is 83.0 cm³/mol. The van der Waals surface area contributed by atoms with Crippen LogP contribution in [0.2, 0.25) is 0 Å². The van der Waals surface area contributed by atoms with Gasteiger partial charge in [0.15, 0.2) is 5.43 Å². The quantitative estimate of drug-likeness (QED) is 0.740. The van der Waals surface area contributed by atoms with Gasteiger partial charge in [-0.1, -0.05) is 0 Å². The minimum atomic E-state index is -0.128. The van der Waals surface area contributed by atoms with Gasteiger partial charge in [0.25, 0.3) is 0 Å². The van der Waals surface area contributed by atoms with Crippen LogP contribution in [0, 0.1) is 0 Å². The molecule has 3 aromatic rings. The Hall–Kier alpha value is -2.66. The van der Waals surface area contributed by atoms with Crippen LogP contribution in [0.3, 0.4) is 0 Å². The molecule has 0 aliphatic heterocycles. The minimum absolute atomic E-state index is 0.128. The molecule has 5 nitrogen and oxygen atoms in total. The van der Waals surface area contributed by atoms with E-state index in [-0.39, 0.29) is 5.43 Å². The highest BCUT2D eigenvalue weighted by molar-refractivity contribution is 5.83. The van der Waals surface area contributed by atoms with Crippen LogP contribution >= 0.6 is 0 Å². The van der Waals surface area contributed by atoms with Gasteiger partial charge in [-0.2, -0.15) is 0 Å². The van der Waals surface area contributed by atoms with Gasteiger partial charge in [-0.05, 0) is 24.3 Å². The number of rotatable bonds is 4. The Labute approximate surface area is 127 Å². The summed E-state index contributed by atoms with van der Waals surface area (Å²) in [6.45, 7) is 0.327. The highest BCUT2D eigenvalue weighted by atomic mass is 16.5. The second-order valence-corrected chi connectivity index (χ2v) is 4.81. The molecule has 22 heavy (non-hydrogen) atoms. The lowest BCUT2D eigenvalue weighted by atomic mass is 10.1. The maximum atomic E-state index is 12.4. The van der Waals surface area contributed by atoms with Crippen molar-refractivity contribution in [1.29, 1.82) is 0 Å². The number of ether oxygens (including phenoxy) is 2.